The van der Waals surface area contributed by atoms with Crippen LogP contribution in [0.2, 0.25) is 0 Å². The van der Waals surface area contributed by atoms with Gasteiger partial charge in [-0.25, -0.2) is 4.39 Å². The first kappa shape index (κ1) is 14.5. The molecule has 1 heterocycles. The van der Waals surface area contributed by atoms with E-state index >= 15 is 0 Å². The largest absolute Gasteiger partial charge is 0.310 e. The van der Waals surface area contributed by atoms with Crippen molar-refractivity contribution in [3.63, 3.8) is 0 Å². The van der Waals surface area contributed by atoms with E-state index in [1.54, 1.807) is 10.9 Å². The van der Waals surface area contributed by atoms with Gasteiger partial charge in [-0.2, -0.15) is 5.10 Å². The summed E-state index contributed by atoms with van der Waals surface area (Å²) in [6.45, 7) is 5.40. The summed E-state index contributed by atoms with van der Waals surface area (Å²) >= 11 is 2.19. The molecule has 19 heavy (non-hydrogen) atoms. The van der Waals surface area contributed by atoms with E-state index in [1.165, 1.54) is 6.07 Å². The minimum absolute atomic E-state index is 0.182. The Hall–Kier alpha value is -0.950. The maximum atomic E-state index is 13.8. The summed E-state index contributed by atoms with van der Waals surface area (Å²) in [4.78, 5) is 0. The van der Waals surface area contributed by atoms with Crippen LogP contribution in [0.1, 0.15) is 25.0 Å². The minimum atomic E-state index is -0.182. The van der Waals surface area contributed by atoms with Gasteiger partial charge in [-0.1, -0.05) is 19.9 Å². The Labute approximate surface area is 126 Å². The van der Waals surface area contributed by atoms with Crippen molar-refractivity contribution in [1.82, 2.24) is 15.1 Å². The maximum absolute atomic E-state index is 13.8. The van der Waals surface area contributed by atoms with Gasteiger partial charge in [0.25, 0.3) is 0 Å². The molecule has 0 aliphatic carbocycles. The predicted octanol–water partition coefficient (Wildman–Crippen LogP) is 3.17. The van der Waals surface area contributed by atoms with E-state index in [2.05, 4.69) is 46.9 Å². The van der Waals surface area contributed by atoms with Crippen LogP contribution in [0, 0.1) is 9.39 Å². The fourth-order valence-corrected chi connectivity index (χ4v) is 2.23. The van der Waals surface area contributed by atoms with Crippen LogP contribution >= 0.6 is 22.6 Å². The summed E-state index contributed by atoms with van der Waals surface area (Å²) in [6, 6.07) is 5.67. The first-order chi connectivity index (χ1) is 9.04. The molecule has 2 aromatic rings. The first-order valence-electron chi connectivity index (χ1n) is 6.23. The van der Waals surface area contributed by atoms with Gasteiger partial charge in [0.2, 0.25) is 0 Å². The number of aromatic nitrogens is 2. The summed E-state index contributed by atoms with van der Waals surface area (Å²) in [6.07, 6.45) is 3.67. The molecular weight excluding hydrogens is 356 g/mol. The second-order valence-corrected chi connectivity index (χ2v) is 6.06. The van der Waals surface area contributed by atoms with Crippen LogP contribution in [0.15, 0.2) is 30.6 Å². The third kappa shape index (κ3) is 4.28. The fourth-order valence-electron chi connectivity index (χ4n) is 1.78. The zero-order chi connectivity index (χ0) is 13.8. The molecule has 0 atom stereocenters. The first-order valence-corrected chi connectivity index (χ1v) is 7.31. The Morgan fingerprint density at radius 1 is 1.42 bits per heavy atom. The van der Waals surface area contributed by atoms with E-state index < -0.39 is 0 Å². The van der Waals surface area contributed by atoms with Crippen molar-refractivity contribution in [3.8, 4) is 0 Å². The third-order valence-electron chi connectivity index (χ3n) is 2.76. The molecule has 102 valence electrons. The average molecular weight is 373 g/mol. The van der Waals surface area contributed by atoms with Gasteiger partial charge in [-0.15, -0.1) is 0 Å². The molecule has 0 amide bonds. The lowest BCUT2D eigenvalue weighted by Gasteiger charge is -2.10. The van der Waals surface area contributed by atoms with Crippen molar-refractivity contribution in [1.29, 1.82) is 0 Å². The number of rotatable bonds is 5. The van der Waals surface area contributed by atoms with E-state index in [1.807, 2.05) is 18.3 Å². The Bertz CT molecular complexity index is 551. The standard InChI is InChI=1S/C14H17FIN3/c1-10(2)17-6-11-3-4-14(15)12(5-11)8-19-9-13(16)7-18-19/h3-5,7,9-10,17H,6,8H2,1-2H3. The summed E-state index contributed by atoms with van der Waals surface area (Å²) in [7, 11) is 0. The minimum Gasteiger partial charge on any atom is -0.310 e. The quantitative estimate of drug-likeness (QED) is 0.817. The van der Waals surface area contributed by atoms with Crippen LogP contribution < -0.4 is 5.32 Å². The zero-order valence-electron chi connectivity index (χ0n) is 11.0. The summed E-state index contributed by atoms with van der Waals surface area (Å²) < 4.78 is 16.6. The number of hydrogen-bond acceptors (Lipinski definition) is 2. The van der Waals surface area contributed by atoms with Gasteiger partial charge in [0.15, 0.2) is 0 Å². The van der Waals surface area contributed by atoms with E-state index in [0.717, 1.165) is 15.7 Å². The Balaban J connectivity index is 2.12. The lowest BCUT2D eigenvalue weighted by atomic mass is 10.1. The van der Waals surface area contributed by atoms with Gasteiger partial charge in [-0.05, 0) is 40.3 Å². The molecule has 0 radical (unpaired) electrons. The van der Waals surface area contributed by atoms with Crippen molar-refractivity contribution >= 4 is 22.6 Å². The molecule has 1 N–H and O–H groups in total. The molecule has 0 saturated carbocycles. The molecule has 1 aromatic heterocycles. The van der Waals surface area contributed by atoms with Crippen molar-refractivity contribution in [2.24, 2.45) is 0 Å². The maximum Gasteiger partial charge on any atom is 0.128 e. The van der Waals surface area contributed by atoms with Crippen LogP contribution in [-0.4, -0.2) is 15.8 Å². The van der Waals surface area contributed by atoms with Gasteiger partial charge in [0.1, 0.15) is 5.82 Å². The van der Waals surface area contributed by atoms with Crippen molar-refractivity contribution in [2.45, 2.75) is 33.0 Å². The Kier molecular flexibility index (Phi) is 4.93. The van der Waals surface area contributed by atoms with Gasteiger partial charge in [0, 0.05) is 24.3 Å². The number of halogens is 2. The van der Waals surface area contributed by atoms with E-state index in [4.69, 9.17) is 0 Å². The van der Waals surface area contributed by atoms with Crippen molar-refractivity contribution < 1.29 is 4.39 Å². The summed E-state index contributed by atoms with van der Waals surface area (Å²) in [5.74, 6) is -0.182. The van der Waals surface area contributed by atoms with Crippen LogP contribution in [-0.2, 0) is 13.1 Å². The predicted molar refractivity (Wildman–Crippen MR) is 82.4 cm³/mol. The van der Waals surface area contributed by atoms with E-state index in [-0.39, 0.29) is 5.82 Å². The summed E-state index contributed by atoms with van der Waals surface area (Å²) in [5, 5.41) is 7.51. The normalized spacial score (nSPS) is 11.2. The number of benzene rings is 1. The molecule has 3 nitrogen and oxygen atoms in total. The lowest BCUT2D eigenvalue weighted by Crippen LogP contribution is -2.22. The molecule has 0 spiro atoms. The highest BCUT2D eigenvalue weighted by Crippen LogP contribution is 2.13. The number of nitrogens with one attached hydrogen (secondary N) is 1. The highest BCUT2D eigenvalue weighted by atomic mass is 127. The topological polar surface area (TPSA) is 29.9 Å². The molecule has 0 aliphatic heterocycles. The average Bonchev–Trinajstić information content (AvgIpc) is 2.76. The van der Waals surface area contributed by atoms with Gasteiger partial charge >= 0.3 is 0 Å². The second kappa shape index (κ2) is 6.47. The van der Waals surface area contributed by atoms with Crippen LogP contribution in [0.3, 0.4) is 0 Å². The number of hydrogen-bond donors (Lipinski definition) is 1. The van der Waals surface area contributed by atoms with Gasteiger partial charge < -0.3 is 5.32 Å². The number of nitrogens with zero attached hydrogens (tertiary/aromatic N) is 2. The van der Waals surface area contributed by atoms with E-state index in [9.17, 15) is 4.39 Å². The van der Waals surface area contributed by atoms with Crippen molar-refractivity contribution in [2.75, 3.05) is 0 Å². The molecule has 0 bridgehead atoms. The fraction of sp³-hybridized carbons (Fsp3) is 0.357. The van der Waals surface area contributed by atoms with Crippen LogP contribution in [0.4, 0.5) is 4.39 Å². The molecule has 0 saturated heterocycles. The molecule has 0 fully saturated rings. The van der Waals surface area contributed by atoms with E-state index in [0.29, 0.717) is 18.2 Å². The highest BCUT2D eigenvalue weighted by Gasteiger charge is 2.06. The lowest BCUT2D eigenvalue weighted by molar-refractivity contribution is 0.573. The second-order valence-electron chi connectivity index (χ2n) is 4.82. The summed E-state index contributed by atoms with van der Waals surface area (Å²) in [5.41, 5.74) is 1.76. The SMILES string of the molecule is CC(C)NCc1ccc(F)c(Cn2cc(I)cn2)c1. The molecule has 5 heteroatoms. The monoisotopic (exact) mass is 373 g/mol. The Morgan fingerprint density at radius 3 is 2.84 bits per heavy atom. The highest BCUT2D eigenvalue weighted by molar-refractivity contribution is 14.1. The van der Waals surface area contributed by atoms with Gasteiger partial charge in [0.05, 0.1) is 16.3 Å². The molecule has 0 aliphatic rings. The Morgan fingerprint density at radius 2 is 2.21 bits per heavy atom. The zero-order valence-corrected chi connectivity index (χ0v) is 13.2. The molecule has 0 unspecified atom stereocenters. The third-order valence-corrected chi connectivity index (χ3v) is 3.32. The van der Waals surface area contributed by atoms with Crippen LogP contribution in [0.5, 0.6) is 0 Å². The molecule has 1 aromatic carbocycles. The smallest absolute Gasteiger partial charge is 0.128 e. The van der Waals surface area contributed by atoms with Crippen LogP contribution in [0.25, 0.3) is 0 Å². The molecule has 2 rings (SSSR count). The van der Waals surface area contributed by atoms with Crippen molar-refractivity contribution in [3.05, 3.63) is 51.1 Å². The van der Waals surface area contributed by atoms with Gasteiger partial charge in [-0.3, -0.25) is 4.68 Å². The molecular formula is C14H17FIN3.